The highest BCUT2D eigenvalue weighted by atomic mass is 16.2. The van der Waals surface area contributed by atoms with Gasteiger partial charge in [0, 0.05) is 30.1 Å². The zero-order chi connectivity index (χ0) is 18.4. The lowest BCUT2D eigenvalue weighted by molar-refractivity contribution is -0.141. The van der Waals surface area contributed by atoms with Gasteiger partial charge in [0.15, 0.2) is 0 Å². The molecular weight excluding hydrogens is 312 g/mol. The Bertz CT molecular complexity index is 674. The molecule has 1 unspecified atom stereocenters. The van der Waals surface area contributed by atoms with E-state index in [9.17, 15) is 9.59 Å². The molecule has 1 aromatic rings. The highest BCUT2D eigenvalue weighted by Crippen LogP contribution is 2.59. The van der Waals surface area contributed by atoms with Crippen LogP contribution in [0.2, 0.25) is 0 Å². The molecule has 1 aliphatic heterocycles. The van der Waals surface area contributed by atoms with Crippen LogP contribution in [0.4, 0.5) is 5.69 Å². The number of nitrogens with one attached hydrogen (secondary N) is 1. The van der Waals surface area contributed by atoms with Gasteiger partial charge in [-0.05, 0) is 61.8 Å². The number of likely N-dealkylation sites (tertiary alicyclic amines) is 1. The van der Waals surface area contributed by atoms with Gasteiger partial charge in [-0.2, -0.15) is 0 Å². The molecule has 1 atom stereocenters. The van der Waals surface area contributed by atoms with Crippen LogP contribution in [-0.4, -0.2) is 29.8 Å². The van der Waals surface area contributed by atoms with E-state index in [2.05, 4.69) is 11.4 Å². The van der Waals surface area contributed by atoms with Gasteiger partial charge in [0.25, 0.3) is 0 Å². The number of anilines is 1. The van der Waals surface area contributed by atoms with Crippen LogP contribution in [0.25, 0.3) is 0 Å². The van der Waals surface area contributed by atoms with Crippen molar-refractivity contribution in [2.24, 2.45) is 16.7 Å². The van der Waals surface area contributed by atoms with Gasteiger partial charge in [-0.15, -0.1) is 0 Å². The van der Waals surface area contributed by atoms with Gasteiger partial charge >= 0.3 is 0 Å². The number of rotatable bonds is 2. The monoisotopic (exact) mass is 342 g/mol. The van der Waals surface area contributed by atoms with E-state index in [4.69, 9.17) is 0 Å². The Kier molecular flexibility index (Phi) is 4.42. The first kappa shape index (κ1) is 18.0. The van der Waals surface area contributed by atoms with Crippen LogP contribution >= 0.6 is 0 Å². The third-order valence-electron chi connectivity index (χ3n) is 5.68. The van der Waals surface area contributed by atoms with Crippen molar-refractivity contribution in [3.63, 3.8) is 0 Å². The number of carbonyl (C=O) groups is 2. The molecule has 1 saturated heterocycles. The van der Waals surface area contributed by atoms with E-state index in [1.165, 1.54) is 0 Å². The second-order valence-electron chi connectivity index (χ2n) is 9.03. The minimum absolute atomic E-state index is 0.0974. The molecule has 25 heavy (non-hydrogen) atoms. The molecule has 1 aliphatic carbocycles. The average molecular weight is 342 g/mol. The van der Waals surface area contributed by atoms with Crippen molar-refractivity contribution in [2.75, 3.05) is 18.4 Å². The maximum atomic E-state index is 12.7. The molecule has 2 aliphatic rings. The summed E-state index contributed by atoms with van der Waals surface area (Å²) in [5, 5.41) is 3.10. The van der Waals surface area contributed by atoms with Crippen LogP contribution in [0.1, 0.15) is 51.2 Å². The minimum atomic E-state index is -0.326. The topological polar surface area (TPSA) is 49.4 Å². The van der Waals surface area contributed by atoms with Crippen molar-refractivity contribution in [1.82, 2.24) is 4.90 Å². The largest absolute Gasteiger partial charge is 0.342 e. The van der Waals surface area contributed by atoms with Crippen molar-refractivity contribution >= 4 is 17.5 Å². The first-order valence-electron chi connectivity index (χ1n) is 9.29. The molecule has 1 heterocycles. The van der Waals surface area contributed by atoms with E-state index >= 15 is 0 Å². The SMILES string of the molecule is Cc1cc(C)cc(NC(=O)C2CC23CCN(C(=O)C(C)(C)C)CC3)c1. The summed E-state index contributed by atoms with van der Waals surface area (Å²) in [6.45, 7) is 11.6. The van der Waals surface area contributed by atoms with E-state index < -0.39 is 0 Å². The van der Waals surface area contributed by atoms with Crippen molar-refractivity contribution in [3.8, 4) is 0 Å². The Labute approximate surface area is 151 Å². The van der Waals surface area contributed by atoms with Gasteiger partial charge in [-0.1, -0.05) is 26.8 Å². The lowest BCUT2D eigenvalue weighted by Crippen LogP contribution is -2.45. The molecule has 0 bridgehead atoms. The molecule has 3 rings (SSSR count). The Hall–Kier alpha value is -1.84. The molecule has 1 spiro atoms. The Balaban J connectivity index is 1.57. The van der Waals surface area contributed by atoms with Gasteiger partial charge < -0.3 is 10.2 Å². The van der Waals surface area contributed by atoms with Gasteiger partial charge in [-0.25, -0.2) is 0 Å². The van der Waals surface area contributed by atoms with E-state index in [0.29, 0.717) is 0 Å². The van der Waals surface area contributed by atoms with Crippen LogP contribution in [-0.2, 0) is 9.59 Å². The van der Waals surface area contributed by atoms with Crippen LogP contribution in [0.3, 0.4) is 0 Å². The summed E-state index contributed by atoms with van der Waals surface area (Å²) in [4.78, 5) is 27.0. The standard InChI is InChI=1S/C21H30N2O2/c1-14-10-15(2)12-16(11-14)22-18(24)17-13-21(17)6-8-23(9-7-21)19(25)20(3,4)5/h10-12,17H,6-9,13H2,1-5H3,(H,22,24). The molecule has 4 nitrogen and oxygen atoms in total. The molecule has 0 aromatic heterocycles. The maximum absolute atomic E-state index is 12.7. The molecule has 1 saturated carbocycles. The van der Waals surface area contributed by atoms with Crippen molar-refractivity contribution < 1.29 is 9.59 Å². The number of aryl methyl sites for hydroxylation is 2. The maximum Gasteiger partial charge on any atom is 0.228 e. The van der Waals surface area contributed by atoms with Crippen LogP contribution in [0.5, 0.6) is 0 Å². The molecule has 2 fully saturated rings. The summed E-state index contributed by atoms with van der Waals surface area (Å²) in [6.07, 6.45) is 2.85. The zero-order valence-corrected chi connectivity index (χ0v) is 16.1. The van der Waals surface area contributed by atoms with Gasteiger partial charge in [0.2, 0.25) is 11.8 Å². The number of nitrogens with zero attached hydrogens (tertiary/aromatic N) is 1. The molecule has 1 N–H and O–H groups in total. The fraction of sp³-hybridized carbons (Fsp3) is 0.619. The second kappa shape index (κ2) is 6.15. The van der Waals surface area contributed by atoms with Gasteiger partial charge in [-0.3, -0.25) is 9.59 Å². The van der Waals surface area contributed by atoms with Crippen LogP contribution < -0.4 is 5.32 Å². The number of hydrogen-bond acceptors (Lipinski definition) is 2. The third kappa shape index (κ3) is 3.73. The smallest absolute Gasteiger partial charge is 0.228 e. The quantitative estimate of drug-likeness (QED) is 0.886. The fourth-order valence-corrected chi connectivity index (χ4v) is 4.18. The summed E-state index contributed by atoms with van der Waals surface area (Å²) >= 11 is 0. The number of benzene rings is 1. The summed E-state index contributed by atoms with van der Waals surface area (Å²) in [7, 11) is 0. The summed E-state index contributed by atoms with van der Waals surface area (Å²) < 4.78 is 0. The number of amides is 2. The van der Waals surface area contributed by atoms with Crippen molar-refractivity contribution in [1.29, 1.82) is 0 Å². The average Bonchev–Trinajstić information content (AvgIpc) is 3.19. The lowest BCUT2D eigenvalue weighted by atomic mass is 9.88. The predicted octanol–water partition coefficient (Wildman–Crippen LogP) is 3.92. The highest BCUT2D eigenvalue weighted by Gasteiger charge is 2.58. The molecule has 1 aromatic carbocycles. The molecule has 136 valence electrons. The summed E-state index contributed by atoms with van der Waals surface area (Å²) in [5.74, 6) is 0.458. The van der Waals surface area contributed by atoms with Crippen LogP contribution in [0.15, 0.2) is 18.2 Å². The van der Waals surface area contributed by atoms with Crippen molar-refractivity contribution in [3.05, 3.63) is 29.3 Å². The summed E-state index contributed by atoms with van der Waals surface area (Å²) in [5.41, 5.74) is 3.01. The van der Waals surface area contributed by atoms with Gasteiger partial charge in [0.05, 0.1) is 0 Å². The van der Waals surface area contributed by atoms with E-state index in [1.54, 1.807) is 0 Å². The van der Waals surface area contributed by atoms with E-state index in [1.807, 2.05) is 51.7 Å². The zero-order valence-electron chi connectivity index (χ0n) is 16.1. The fourth-order valence-electron chi connectivity index (χ4n) is 4.18. The first-order chi connectivity index (χ1) is 11.6. The third-order valence-corrected chi connectivity index (χ3v) is 5.68. The molecule has 0 radical (unpaired) electrons. The lowest BCUT2D eigenvalue weighted by Gasteiger charge is -2.36. The predicted molar refractivity (Wildman–Crippen MR) is 100 cm³/mol. The van der Waals surface area contributed by atoms with E-state index in [0.717, 1.165) is 49.2 Å². The normalized spacial score (nSPS) is 22.0. The minimum Gasteiger partial charge on any atom is -0.342 e. The Morgan fingerprint density at radius 2 is 1.64 bits per heavy atom. The number of carbonyl (C=O) groups excluding carboxylic acids is 2. The Morgan fingerprint density at radius 1 is 1.08 bits per heavy atom. The van der Waals surface area contributed by atoms with Crippen LogP contribution in [0, 0.1) is 30.6 Å². The van der Waals surface area contributed by atoms with E-state index in [-0.39, 0.29) is 28.6 Å². The Morgan fingerprint density at radius 3 is 2.16 bits per heavy atom. The molecular formula is C21H30N2O2. The number of hydrogen-bond donors (Lipinski definition) is 1. The molecule has 4 heteroatoms. The molecule has 2 amide bonds. The first-order valence-corrected chi connectivity index (χ1v) is 9.29. The van der Waals surface area contributed by atoms with Crippen molar-refractivity contribution in [2.45, 2.75) is 53.9 Å². The summed E-state index contributed by atoms with van der Waals surface area (Å²) in [6, 6.07) is 6.14. The van der Waals surface area contributed by atoms with Gasteiger partial charge in [0.1, 0.15) is 0 Å². The second-order valence-corrected chi connectivity index (χ2v) is 9.03. The highest BCUT2D eigenvalue weighted by molar-refractivity contribution is 5.95. The number of piperidine rings is 1.